The van der Waals surface area contributed by atoms with Crippen molar-refractivity contribution in [2.45, 2.75) is 20.8 Å². The van der Waals surface area contributed by atoms with Crippen LogP contribution < -0.4 is 50.9 Å². The average Bonchev–Trinajstić information content (AvgIpc) is 3.16. The highest BCUT2D eigenvalue weighted by atomic mass is 16.5. The number of anilines is 4. The second-order valence-corrected chi connectivity index (χ2v) is 11.8. The second-order valence-electron chi connectivity index (χ2n) is 11.8. The molecule has 0 bridgehead atoms. The quantitative estimate of drug-likeness (QED) is 0.0952. The highest BCUT2D eigenvalue weighted by Crippen LogP contribution is 2.47. The first-order valence-corrected chi connectivity index (χ1v) is 16.6. The molecule has 0 aromatic heterocycles. The minimum Gasteiger partial charge on any atom is -0.492 e. The molecule has 0 fully saturated rings. The minimum atomic E-state index is -0.472. The summed E-state index contributed by atoms with van der Waals surface area (Å²) < 4.78 is 24.1. The van der Waals surface area contributed by atoms with Crippen molar-refractivity contribution < 1.29 is 38.1 Å². The van der Waals surface area contributed by atoms with Gasteiger partial charge in [0.05, 0.1) is 18.0 Å². The van der Waals surface area contributed by atoms with Crippen molar-refractivity contribution in [1.29, 1.82) is 0 Å². The molecule has 268 valence electrons. The second kappa shape index (κ2) is 14.5. The summed E-state index contributed by atoms with van der Waals surface area (Å²) in [5, 5.41) is 11.4. The van der Waals surface area contributed by atoms with Crippen molar-refractivity contribution in [2.75, 3.05) is 27.9 Å². The van der Waals surface area contributed by atoms with E-state index in [9.17, 15) is 19.2 Å². The van der Waals surface area contributed by atoms with E-state index in [-0.39, 0.29) is 74.7 Å². The fraction of sp³-hybridized carbons (Fsp3) is 0.100. The molecule has 0 radical (unpaired) electrons. The molecule has 2 aliphatic heterocycles. The van der Waals surface area contributed by atoms with Crippen LogP contribution in [0, 0.1) is 12.5 Å². The number of amides is 4. The maximum atomic E-state index is 13.1. The monoisotopic (exact) mass is 722 g/mol. The summed E-state index contributed by atoms with van der Waals surface area (Å²) in [5.41, 5.74) is 1.97. The number of rotatable bonds is 9. The van der Waals surface area contributed by atoms with Gasteiger partial charge in [0.15, 0.2) is 28.7 Å². The Bertz CT molecular complexity index is 2550. The summed E-state index contributed by atoms with van der Waals surface area (Å²) in [6.45, 7) is 4.68. The molecule has 4 amide bonds. The summed E-state index contributed by atoms with van der Waals surface area (Å²) in [6, 6.07) is 23.3. The number of carbonyl (C=O) groups is 4. The van der Waals surface area contributed by atoms with Gasteiger partial charge < -0.3 is 40.2 Å². The maximum absolute atomic E-state index is 13.1. The lowest BCUT2D eigenvalue weighted by Crippen LogP contribution is -2.29. The van der Waals surface area contributed by atoms with Crippen LogP contribution in [0.3, 0.4) is 0 Å². The molecule has 0 unspecified atom stereocenters. The smallest absolute Gasteiger partial charge is 0.255 e. The third-order valence-corrected chi connectivity index (χ3v) is 8.01. The number of hydrogen-bond acceptors (Lipinski definition) is 10. The first-order chi connectivity index (χ1) is 26.1. The van der Waals surface area contributed by atoms with Crippen molar-refractivity contribution in [1.82, 2.24) is 0 Å². The van der Waals surface area contributed by atoms with Gasteiger partial charge >= 0.3 is 0 Å². The Hall–Kier alpha value is -7.66. The molecule has 4 N–H and O–H groups in total. The standard InChI is InChI=1S/C40H30N6O8/c1-5-51-29-17-27-31(19-25(29)45-39(49)23-13-9-7-10-14-23)53-37-34(42-22(4)48)36-38(33(35(37)43-27)41-21(3)47)54-32-20-26(30(52-6-2)18-28(32)44-36)46-40(50)24-15-11-8-12-16-24/h1,7-20H,6H2,2-4H3,(H,41,47)(H,42,48)(H,45,49)(H,46,50). The number of terminal acetylenes is 1. The molecule has 0 aliphatic carbocycles. The fourth-order valence-corrected chi connectivity index (χ4v) is 5.76. The topological polar surface area (TPSA) is 178 Å². The summed E-state index contributed by atoms with van der Waals surface area (Å²) in [5.74, 6) is -0.928. The van der Waals surface area contributed by atoms with E-state index < -0.39 is 17.7 Å². The van der Waals surface area contributed by atoms with Crippen LogP contribution in [0.5, 0.6) is 34.5 Å². The van der Waals surface area contributed by atoms with Crippen molar-refractivity contribution in [3.63, 3.8) is 0 Å². The summed E-state index contributed by atoms with van der Waals surface area (Å²) in [7, 11) is 0. The Morgan fingerprint density at radius 2 is 1.11 bits per heavy atom. The van der Waals surface area contributed by atoms with Crippen LogP contribution in [0.25, 0.3) is 0 Å². The number of nitrogens with one attached hydrogen (secondary N) is 4. The van der Waals surface area contributed by atoms with Gasteiger partial charge in [0.2, 0.25) is 11.8 Å². The maximum Gasteiger partial charge on any atom is 0.255 e. The van der Waals surface area contributed by atoms with E-state index in [0.717, 1.165) is 0 Å². The van der Waals surface area contributed by atoms with E-state index in [0.29, 0.717) is 28.3 Å². The molecular weight excluding hydrogens is 692 g/mol. The van der Waals surface area contributed by atoms with Gasteiger partial charge in [-0.25, -0.2) is 9.98 Å². The lowest BCUT2D eigenvalue weighted by Gasteiger charge is -2.25. The van der Waals surface area contributed by atoms with E-state index in [2.05, 4.69) is 27.4 Å². The van der Waals surface area contributed by atoms with Crippen molar-refractivity contribution >= 4 is 57.8 Å². The predicted molar refractivity (Wildman–Crippen MR) is 199 cm³/mol. The van der Waals surface area contributed by atoms with Crippen LogP contribution in [-0.4, -0.2) is 30.2 Å². The zero-order chi connectivity index (χ0) is 37.9. The highest BCUT2D eigenvalue weighted by molar-refractivity contribution is 6.06. The first-order valence-electron chi connectivity index (χ1n) is 16.6. The van der Waals surface area contributed by atoms with E-state index >= 15 is 0 Å². The third kappa shape index (κ3) is 6.84. The molecule has 14 nitrogen and oxygen atoms in total. The van der Waals surface area contributed by atoms with Gasteiger partial charge in [-0.15, -0.1) is 0 Å². The zero-order valence-corrected chi connectivity index (χ0v) is 29.0. The third-order valence-electron chi connectivity index (χ3n) is 8.01. The van der Waals surface area contributed by atoms with E-state index in [1.165, 1.54) is 26.0 Å². The van der Waals surface area contributed by atoms with Gasteiger partial charge in [0, 0.05) is 49.2 Å². The number of ether oxygens (including phenoxy) is 4. The molecule has 0 spiro atoms. The van der Waals surface area contributed by atoms with Crippen molar-refractivity contribution in [3.05, 3.63) is 107 Å². The molecule has 14 heteroatoms. The number of fused-ring (bicyclic) bond motifs is 4. The van der Waals surface area contributed by atoms with E-state index in [1.54, 1.807) is 79.7 Å². The van der Waals surface area contributed by atoms with Gasteiger partial charge in [0.25, 0.3) is 11.8 Å². The lowest BCUT2D eigenvalue weighted by molar-refractivity contribution is -0.115. The molecule has 5 aromatic carbocycles. The number of hydrogen-bond donors (Lipinski definition) is 4. The fourth-order valence-electron chi connectivity index (χ4n) is 5.76. The molecule has 5 aromatic rings. The Kier molecular flexibility index (Phi) is 9.35. The molecule has 2 heterocycles. The minimum absolute atomic E-state index is 0.0266. The Morgan fingerprint density at radius 3 is 1.54 bits per heavy atom. The van der Waals surface area contributed by atoms with Crippen LogP contribution in [0.4, 0.5) is 34.1 Å². The highest BCUT2D eigenvalue weighted by Gasteiger charge is 2.31. The average molecular weight is 723 g/mol. The SMILES string of the molecule is C#COc1cc2c(cc1NC(=O)c1ccccc1)Oc1c(NC(C)=O)c3c(c(NC(C)=O)c1=N2)Oc1cc(NC(=O)c2ccccc2)c(OCC)cc1N=3. The lowest BCUT2D eigenvalue weighted by atomic mass is 10.1. The normalized spacial score (nSPS) is 11.4. The van der Waals surface area contributed by atoms with E-state index in [4.69, 9.17) is 35.4 Å². The Labute approximate surface area is 307 Å². The molecular formula is C40H30N6O8. The molecule has 0 saturated heterocycles. The Morgan fingerprint density at radius 1 is 0.667 bits per heavy atom. The summed E-state index contributed by atoms with van der Waals surface area (Å²) in [4.78, 5) is 61.2. The van der Waals surface area contributed by atoms with Crippen molar-refractivity contribution in [3.8, 4) is 47.0 Å². The predicted octanol–water partition coefficient (Wildman–Crippen LogP) is 6.59. The van der Waals surface area contributed by atoms with Gasteiger partial charge in [-0.05, 0) is 31.2 Å². The van der Waals surface area contributed by atoms with Gasteiger partial charge in [-0.3, -0.25) is 19.2 Å². The largest absolute Gasteiger partial charge is 0.492 e. The van der Waals surface area contributed by atoms with Crippen LogP contribution >= 0.6 is 0 Å². The number of nitrogens with zero attached hydrogens (tertiary/aromatic N) is 2. The molecule has 7 rings (SSSR count). The van der Waals surface area contributed by atoms with Crippen LogP contribution in [0.2, 0.25) is 0 Å². The van der Waals surface area contributed by atoms with Crippen LogP contribution in [0.1, 0.15) is 41.5 Å². The van der Waals surface area contributed by atoms with E-state index in [1.807, 2.05) is 0 Å². The zero-order valence-electron chi connectivity index (χ0n) is 29.0. The molecule has 2 aliphatic rings. The van der Waals surface area contributed by atoms with Crippen LogP contribution in [-0.2, 0) is 9.59 Å². The Balaban J connectivity index is 1.39. The molecule has 0 atom stereocenters. The van der Waals surface area contributed by atoms with Crippen molar-refractivity contribution in [2.24, 2.45) is 9.98 Å². The first kappa shape index (κ1) is 34.8. The van der Waals surface area contributed by atoms with Gasteiger partial charge in [-0.1, -0.05) is 42.8 Å². The van der Waals surface area contributed by atoms with Gasteiger partial charge in [0.1, 0.15) is 45.3 Å². The van der Waals surface area contributed by atoms with Crippen LogP contribution in [0.15, 0.2) is 94.9 Å². The van der Waals surface area contributed by atoms with Gasteiger partial charge in [-0.2, -0.15) is 0 Å². The number of benzene rings is 5. The summed E-state index contributed by atoms with van der Waals surface area (Å²) in [6.07, 6.45) is 7.60. The molecule has 0 saturated carbocycles. The molecule has 54 heavy (non-hydrogen) atoms. The number of carbonyl (C=O) groups excluding carboxylic acids is 4. The summed E-state index contributed by atoms with van der Waals surface area (Å²) >= 11 is 0.